The SMILES string of the molecule is CCC1(C(O)Cc2cccc(Br)c2)CCCC1. The molecule has 17 heavy (non-hydrogen) atoms. The Morgan fingerprint density at radius 3 is 2.65 bits per heavy atom. The Kier molecular flexibility index (Phi) is 4.26. The molecule has 2 rings (SSSR count). The summed E-state index contributed by atoms with van der Waals surface area (Å²) in [5, 5.41) is 10.5. The molecule has 1 nitrogen and oxygen atoms in total. The largest absolute Gasteiger partial charge is 0.392 e. The van der Waals surface area contributed by atoms with Gasteiger partial charge in [-0.1, -0.05) is 47.8 Å². The van der Waals surface area contributed by atoms with Crippen molar-refractivity contribution in [3.63, 3.8) is 0 Å². The highest BCUT2D eigenvalue weighted by atomic mass is 79.9. The van der Waals surface area contributed by atoms with Crippen molar-refractivity contribution in [2.24, 2.45) is 5.41 Å². The second-order valence-corrected chi connectivity index (χ2v) is 6.19. The van der Waals surface area contributed by atoms with Crippen LogP contribution in [-0.4, -0.2) is 11.2 Å². The zero-order valence-corrected chi connectivity index (χ0v) is 12.0. The highest BCUT2D eigenvalue weighted by molar-refractivity contribution is 9.10. The summed E-state index contributed by atoms with van der Waals surface area (Å²) in [4.78, 5) is 0. The van der Waals surface area contributed by atoms with Gasteiger partial charge in [0.25, 0.3) is 0 Å². The van der Waals surface area contributed by atoms with Crippen molar-refractivity contribution in [3.8, 4) is 0 Å². The quantitative estimate of drug-likeness (QED) is 0.877. The van der Waals surface area contributed by atoms with Crippen LogP contribution in [0.3, 0.4) is 0 Å². The summed E-state index contributed by atoms with van der Waals surface area (Å²) in [5.41, 5.74) is 1.41. The van der Waals surface area contributed by atoms with E-state index in [1.54, 1.807) is 0 Å². The topological polar surface area (TPSA) is 20.2 Å². The molecule has 94 valence electrons. The van der Waals surface area contributed by atoms with E-state index in [0.717, 1.165) is 17.3 Å². The molecule has 0 radical (unpaired) electrons. The molecule has 1 aliphatic rings. The zero-order valence-electron chi connectivity index (χ0n) is 10.5. The lowest BCUT2D eigenvalue weighted by Crippen LogP contribution is -2.33. The molecule has 1 saturated carbocycles. The monoisotopic (exact) mass is 296 g/mol. The van der Waals surface area contributed by atoms with Crippen LogP contribution in [0.5, 0.6) is 0 Å². The average molecular weight is 297 g/mol. The van der Waals surface area contributed by atoms with Gasteiger partial charge in [0.2, 0.25) is 0 Å². The molecule has 1 aromatic carbocycles. The molecule has 1 fully saturated rings. The second-order valence-electron chi connectivity index (χ2n) is 5.27. The van der Waals surface area contributed by atoms with E-state index >= 15 is 0 Å². The molecule has 0 heterocycles. The molecule has 1 aliphatic carbocycles. The first-order chi connectivity index (χ1) is 8.16. The summed E-state index contributed by atoms with van der Waals surface area (Å²) < 4.78 is 1.10. The second kappa shape index (κ2) is 5.53. The number of hydrogen-bond donors (Lipinski definition) is 1. The number of benzene rings is 1. The van der Waals surface area contributed by atoms with E-state index in [0.29, 0.717) is 0 Å². The van der Waals surface area contributed by atoms with Crippen molar-refractivity contribution in [2.45, 2.75) is 51.6 Å². The van der Waals surface area contributed by atoms with Crippen molar-refractivity contribution in [1.29, 1.82) is 0 Å². The first-order valence-electron chi connectivity index (χ1n) is 6.59. The van der Waals surface area contributed by atoms with Gasteiger partial charge in [-0.2, -0.15) is 0 Å². The van der Waals surface area contributed by atoms with Gasteiger partial charge in [-0.3, -0.25) is 0 Å². The summed E-state index contributed by atoms with van der Waals surface area (Å²) in [6.07, 6.45) is 6.64. The number of rotatable bonds is 4. The fourth-order valence-corrected chi connectivity index (χ4v) is 3.55. The molecule has 0 saturated heterocycles. The van der Waals surface area contributed by atoms with Crippen LogP contribution in [0.15, 0.2) is 28.7 Å². The molecule has 1 unspecified atom stereocenters. The van der Waals surface area contributed by atoms with Gasteiger partial charge in [0.05, 0.1) is 6.10 Å². The minimum Gasteiger partial charge on any atom is -0.392 e. The van der Waals surface area contributed by atoms with E-state index in [4.69, 9.17) is 0 Å². The minimum absolute atomic E-state index is 0.183. The third kappa shape index (κ3) is 2.92. The Hall–Kier alpha value is -0.340. The molecule has 1 atom stereocenters. The summed E-state index contributed by atoms with van der Waals surface area (Å²) in [6.45, 7) is 2.22. The maximum atomic E-state index is 10.5. The summed E-state index contributed by atoms with van der Waals surface area (Å²) >= 11 is 3.48. The van der Waals surface area contributed by atoms with Gasteiger partial charge < -0.3 is 5.11 Å². The van der Waals surface area contributed by atoms with Gasteiger partial charge in [0.15, 0.2) is 0 Å². The molecule has 1 aromatic rings. The lowest BCUT2D eigenvalue weighted by molar-refractivity contribution is 0.0257. The fourth-order valence-electron chi connectivity index (χ4n) is 3.11. The van der Waals surface area contributed by atoms with Crippen LogP contribution >= 0.6 is 15.9 Å². The smallest absolute Gasteiger partial charge is 0.0636 e. The van der Waals surface area contributed by atoms with E-state index in [9.17, 15) is 5.11 Å². The molecule has 1 N–H and O–H groups in total. The van der Waals surface area contributed by atoms with E-state index < -0.39 is 0 Å². The highest BCUT2D eigenvalue weighted by Crippen LogP contribution is 2.44. The third-order valence-corrected chi connectivity index (χ3v) is 4.82. The lowest BCUT2D eigenvalue weighted by atomic mass is 9.76. The lowest BCUT2D eigenvalue weighted by Gasteiger charge is -2.33. The van der Waals surface area contributed by atoms with Crippen LogP contribution in [0.1, 0.15) is 44.6 Å². The number of hydrogen-bond acceptors (Lipinski definition) is 1. The predicted molar refractivity (Wildman–Crippen MR) is 75.0 cm³/mol. The Morgan fingerprint density at radius 2 is 2.06 bits per heavy atom. The normalized spacial score (nSPS) is 20.4. The molecular formula is C15H21BrO. The van der Waals surface area contributed by atoms with E-state index in [1.807, 2.05) is 12.1 Å². The minimum atomic E-state index is -0.190. The van der Waals surface area contributed by atoms with E-state index in [-0.39, 0.29) is 11.5 Å². The molecule has 0 aliphatic heterocycles. The number of halogens is 1. The van der Waals surface area contributed by atoms with Crippen molar-refractivity contribution in [2.75, 3.05) is 0 Å². The first-order valence-corrected chi connectivity index (χ1v) is 7.38. The first kappa shape index (κ1) is 13.1. The van der Waals surface area contributed by atoms with Crippen molar-refractivity contribution in [1.82, 2.24) is 0 Å². The molecule has 2 heteroatoms. The Morgan fingerprint density at radius 1 is 1.35 bits per heavy atom. The van der Waals surface area contributed by atoms with Gasteiger partial charge in [-0.25, -0.2) is 0 Å². The Labute approximate surface area is 112 Å². The molecule has 0 aromatic heterocycles. The van der Waals surface area contributed by atoms with Crippen LogP contribution in [0, 0.1) is 5.41 Å². The summed E-state index contributed by atoms with van der Waals surface area (Å²) in [6, 6.07) is 8.29. The molecule has 0 bridgehead atoms. The van der Waals surface area contributed by atoms with Crippen LogP contribution < -0.4 is 0 Å². The number of aliphatic hydroxyl groups excluding tert-OH is 1. The van der Waals surface area contributed by atoms with Gasteiger partial charge in [0.1, 0.15) is 0 Å². The maximum Gasteiger partial charge on any atom is 0.0636 e. The predicted octanol–water partition coefficient (Wildman–Crippen LogP) is 4.32. The average Bonchev–Trinajstić information content (AvgIpc) is 2.78. The van der Waals surface area contributed by atoms with Crippen LogP contribution in [-0.2, 0) is 6.42 Å². The van der Waals surface area contributed by atoms with Gasteiger partial charge in [-0.15, -0.1) is 0 Å². The molecular weight excluding hydrogens is 276 g/mol. The van der Waals surface area contributed by atoms with Crippen molar-refractivity contribution >= 4 is 15.9 Å². The fraction of sp³-hybridized carbons (Fsp3) is 0.600. The maximum absolute atomic E-state index is 10.5. The van der Waals surface area contributed by atoms with Crippen LogP contribution in [0.25, 0.3) is 0 Å². The van der Waals surface area contributed by atoms with Gasteiger partial charge >= 0.3 is 0 Å². The van der Waals surface area contributed by atoms with Gasteiger partial charge in [-0.05, 0) is 48.8 Å². The standard InChI is InChI=1S/C15H21BrO/c1-2-15(8-3-4-9-15)14(17)11-12-6-5-7-13(16)10-12/h5-7,10,14,17H,2-4,8-9,11H2,1H3. The Bertz CT molecular complexity index is 369. The molecule has 0 amide bonds. The van der Waals surface area contributed by atoms with Crippen molar-refractivity contribution < 1.29 is 5.11 Å². The zero-order chi connectivity index (χ0) is 12.3. The van der Waals surface area contributed by atoms with Crippen LogP contribution in [0.2, 0.25) is 0 Å². The van der Waals surface area contributed by atoms with Gasteiger partial charge in [0, 0.05) is 4.47 Å². The highest BCUT2D eigenvalue weighted by Gasteiger charge is 2.38. The Balaban J connectivity index is 2.07. The van der Waals surface area contributed by atoms with E-state index in [1.165, 1.54) is 31.2 Å². The van der Waals surface area contributed by atoms with E-state index in [2.05, 4.69) is 35.0 Å². The number of aliphatic hydroxyl groups is 1. The molecule has 0 spiro atoms. The third-order valence-electron chi connectivity index (χ3n) is 4.33. The van der Waals surface area contributed by atoms with Crippen molar-refractivity contribution in [3.05, 3.63) is 34.3 Å². The van der Waals surface area contributed by atoms with Crippen LogP contribution in [0.4, 0.5) is 0 Å². The summed E-state index contributed by atoms with van der Waals surface area (Å²) in [7, 11) is 0. The summed E-state index contributed by atoms with van der Waals surface area (Å²) in [5.74, 6) is 0.